The Bertz CT molecular complexity index is 1110. The molecule has 2 amide bonds. The summed E-state index contributed by atoms with van der Waals surface area (Å²) in [7, 11) is -2.20. The Balaban J connectivity index is 2.42. The molecule has 0 radical (unpaired) electrons. The molecule has 0 aliphatic heterocycles. The van der Waals surface area contributed by atoms with Crippen molar-refractivity contribution >= 4 is 27.5 Å². The van der Waals surface area contributed by atoms with Crippen LogP contribution in [-0.4, -0.2) is 57.1 Å². The van der Waals surface area contributed by atoms with E-state index in [-0.39, 0.29) is 18.5 Å². The van der Waals surface area contributed by atoms with Crippen LogP contribution < -0.4 is 14.4 Å². The number of benzene rings is 2. The maximum absolute atomic E-state index is 13.5. The Labute approximate surface area is 202 Å². The van der Waals surface area contributed by atoms with Crippen molar-refractivity contribution in [2.24, 2.45) is 0 Å². The molecular formula is C25H35N3O5S. The molecule has 1 N–H and O–H groups in total. The van der Waals surface area contributed by atoms with Gasteiger partial charge < -0.3 is 15.0 Å². The van der Waals surface area contributed by atoms with Gasteiger partial charge in [-0.05, 0) is 69.5 Å². The SMILES string of the molecule is COc1ccc(CN(C(=O)CN(c2cc(C)ccc2C)S(C)(=O)=O)[C@@H](C)C(=O)NC(C)C)cc1. The third-order valence-corrected chi connectivity index (χ3v) is 6.55. The second kappa shape index (κ2) is 11.4. The summed E-state index contributed by atoms with van der Waals surface area (Å²) in [5.74, 6) is -0.117. The Morgan fingerprint density at radius 2 is 1.65 bits per heavy atom. The lowest BCUT2D eigenvalue weighted by Gasteiger charge is -2.32. The van der Waals surface area contributed by atoms with Crippen LogP contribution >= 0.6 is 0 Å². The van der Waals surface area contributed by atoms with Crippen LogP contribution in [0.3, 0.4) is 0 Å². The third-order valence-electron chi connectivity index (χ3n) is 5.42. The van der Waals surface area contributed by atoms with Crippen LogP contribution in [0.25, 0.3) is 0 Å². The second-order valence-corrected chi connectivity index (χ2v) is 10.7. The van der Waals surface area contributed by atoms with Gasteiger partial charge in [0.15, 0.2) is 0 Å². The van der Waals surface area contributed by atoms with E-state index < -0.39 is 28.5 Å². The molecule has 0 fully saturated rings. The van der Waals surface area contributed by atoms with Gasteiger partial charge >= 0.3 is 0 Å². The topological polar surface area (TPSA) is 96.0 Å². The highest BCUT2D eigenvalue weighted by atomic mass is 32.2. The first-order chi connectivity index (χ1) is 15.8. The minimum absolute atomic E-state index is 0.102. The number of nitrogens with zero attached hydrogens (tertiary/aromatic N) is 2. The zero-order chi connectivity index (χ0) is 25.6. The highest BCUT2D eigenvalue weighted by Crippen LogP contribution is 2.24. The fourth-order valence-corrected chi connectivity index (χ4v) is 4.40. The lowest BCUT2D eigenvalue weighted by atomic mass is 10.1. The number of aryl methyl sites for hydroxylation is 2. The maximum Gasteiger partial charge on any atom is 0.244 e. The number of carbonyl (C=O) groups is 2. The molecule has 0 unspecified atom stereocenters. The number of ether oxygens (including phenoxy) is 1. The number of sulfonamides is 1. The molecule has 2 aromatic rings. The number of amides is 2. The van der Waals surface area contributed by atoms with Crippen molar-refractivity contribution in [3.05, 3.63) is 59.2 Å². The molecule has 2 aromatic carbocycles. The fourth-order valence-electron chi connectivity index (χ4n) is 3.50. The van der Waals surface area contributed by atoms with Gasteiger partial charge in [-0.15, -0.1) is 0 Å². The number of methoxy groups -OCH3 is 1. The van der Waals surface area contributed by atoms with E-state index in [0.717, 1.165) is 27.3 Å². The van der Waals surface area contributed by atoms with Gasteiger partial charge in [0, 0.05) is 12.6 Å². The van der Waals surface area contributed by atoms with Gasteiger partial charge in [0.05, 0.1) is 19.1 Å². The monoisotopic (exact) mass is 489 g/mol. The van der Waals surface area contributed by atoms with Crippen LogP contribution in [-0.2, 0) is 26.2 Å². The van der Waals surface area contributed by atoms with Gasteiger partial charge in [-0.1, -0.05) is 24.3 Å². The lowest BCUT2D eigenvalue weighted by Crippen LogP contribution is -2.52. The molecule has 0 saturated carbocycles. The van der Waals surface area contributed by atoms with E-state index in [1.54, 1.807) is 39.2 Å². The Morgan fingerprint density at radius 1 is 1.03 bits per heavy atom. The number of anilines is 1. The molecule has 8 nitrogen and oxygen atoms in total. The van der Waals surface area contributed by atoms with E-state index in [1.807, 2.05) is 45.0 Å². The summed E-state index contributed by atoms with van der Waals surface area (Å²) in [5, 5.41) is 2.83. The standard InChI is InChI=1S/C25H35N3O5S/c1-17(2)26-25(30)20(5)27(15-21-10-12-22(33-6)13-11-21)24(29)16-28(34(7,31)32)23-14-18(3)8-9-19(23)4/h8-14,17,20H,15-16H2,1-7H3,(H,26,30)/t20-/m0/s1. The van der Waals surface area contributed by atoms with Gasteiger partial charge in [-0.25, -0.2) is 8.42 Å². The fraction of sp³-hybridized carbons (Fsp3) is 0.440. The highest BCUT2D eigenvalue weighted by Gasteiger charge is 2.30. The van der Waals surface area contributed by atoms with E-state index in [9.17, 15) is 18.0 Å². The third kappa shape index (κ3) is 7.21. The molecule has 2 rings (SSSR count). The van der Waals surface area contributed by atoms with E-state index in [4.69, 9.17) is 4.74 Å². The van der Waals surface area contributed by atoms with Crippen LogP contribution in [0.1, 0.15) is 37.5 Å². The molecule has 34 heavy (non-hydrogen) atoms. The van der Waals surface area contributed by atoms with Gasteiger partial charge in [0.25, 0.3) is 0 Å². The number of nitrogens with one attached hydrogen (secondary N) is 1. The van der Waals surface area contributed by atoms with Crippen molar-refractivity contribution in [3.63, 3.8) is 0 Å². The summed E-state index contributed by atoms with van der Waals surface area (Å²) in [5.41, 5.74) is 2.84. The van der Waals surface area contributed by atoms with Crippen LogP contribution in [0.4, 0.5) is 5.69 Å². The average Bonchev–Trinajstić information content (AvgIpc) is 2.76. The molecule has 0 aliphatic carbocycles. The minimum atomic E-state index is -3.76. The average molecular weight is 490 g/mol. The highest BCUT2D eigenvalue weighted by molar-refractivity contribution is 7.92. The molecule has 0 bridgehead atoms. The van der Waals surface area contributed by atoms with E-state index in [1.165, 1.54) is 4.90 Å². The predicted molar refractivity (Wildman–Crippen MR) is 134 cm³/mol. The first-order valence-electron chi connectivity index (χ1n) is 11.1. The quantitative estimate of drug-likeness (QED) is 0.554. The van der Waals surface area contributed by atoms with Crippen molar-refractivity contribution in [3.8, 4) is 5.75 Å². The van der Waals surface area contributed by atoms with E-state index in [0.29, 0.717) is 11.4 Å². The first-order valence-corrected chi connectivity index (χ1v) is 13.0. The Morgan fingerprint density at radius 3 is 2.18 bits per heavy atom. The van der Waals surface area contributed by atoms with E-state index in [2.05, 4.69) is 5.32 Å². The molecule has 186 valence electrons. The van der Waals surface area contributed by atoms with Crippen molar-refractivity contribution in [1.82, 2.24) is 10.2 Å². The lowest BCUT2D eigenvalue weighted by molar-refractivity contribution is -0.139. The van der Waals surface area contributed by atoms with Crippen LogP contribution in [0.2, 0.25) is 0 Å². The number of hydrogen-bond acceptors (Lipinski definition) is 5. The zero-order valence-electron chi connectivity index (χ0n) is 21.0. The van der Waals surface area contributed by atoms with Gasteiger partial charge in [-0.3, -0.25) is 13.9 Å². The molecule has 9 heteroatoms. The first kappa shape index (κ1) is 27.2. The molecule has 0 saturated heterocycles. The van der Waals surface area contributed by atoms with Gasteiger partial charge in [-0.2, -0.15) is 0 Å². The van der Waals surface area contributed by atoms with E-state index >= 15 is 0 Å². The summed E-state index contributed by atoms with van der Waals surface area (Å²) in [6.07, 6.45) is 1.07. The van der Waals surface area contributed by atoms with Crippen molar-refractivity contribution in [2.45, 2.75) is 53.2 Å². The maximum atomic E-state index is 13.5. The number of carbonyl (C=O) groups excluding carboxylic acids is 2. The molecule has 0 aromatic heterocycles. The van der Waals surface area contributed by atoms with Crippen LogP contribution in [0.5, 0.6) is 5.75 Å². The number of hydrogen-bond donors (Lipinski definition) is 1. The summed E-state index contributed by atoms with van der Waals surface area (Å²) in [4.78, 5) is 27.7. The Hall–Kier alpha value is -3.07. The molecular weight excluding hydrogens is 454 g/mol. The minimum Gasteiger partial charge on any atom is -0.497 e. The van der Waals surface area contributed by atoms with Crippen LogP contribution in [0, 0.1) is 13.8 Å². The van der Waals surface area contributed by atoms with Crippen LogP contribution in [0.15, 0.2) is 42.5 Å². The summed E-state index contributed by atoms with van der Waals surface area (Å²) < 4.78 is 31.7. The van der Waals surface area contributed by atoms with Crippen molar-refractivity contribution in [2.75, 3.05) is 24.2 Å². The largest absolute Gasteiger partial charge is 0.497 e. The zero-order valence-corrected chi connectivity index (χ0v) is 21.8. The number of rotatable bonds is 10. The summed E-state index contributed by atoms with van der Waals surface area (Å²) in [6.45, 7) is 8.70. The van der Waals surface area contributed by atoms with Gasteiger partial charge in [0.1, 0.15) is 18.3 Å². The normalized spacial score (nSPS) is 12.2. The van der Waals surface area contributed by atoms with Crippen molar-refractivity contribution in [1.29, 1.82) is 0 Å². The Kier molecular flexibility index (Phi) is 9.09. The smallest absolute Gasteiger partial charge is 0.244 e. The van der Waals surface area contributed by atoms with Crippen molar-refractivity contribution < 1.29 is 22.7 Å². The molecule has 0 aliphatic rings. The second-order valence-electron chi connectivity index (χ2n) is 8.77. The molecule has 1 atom stereocenters. The predicted octanol–water partition coefficient (Wildman–Crippen LogP) is 3.02. The molecule has 0 heterocycles. The van der Waals surface area contributed by atoms with Gasteiger partial charge in [0.2, 0.25) is 21.8 Å². The summed E-state index contributed by atoms with van der Waals surface area (Å²) >= 11 is 0. The summed E-state index contributed by atoms with van der Waals surface area (Å²) in [6, 6.07) is 11.7. The molecule has 0 spiro atoms.